The summed E-state index contributed by atoms with van der Waals surface area (Å²) in [7, 11) is 0. The first kappa shape index (κ1) is 13.9. The molecule has 1 aromatic heterocycles. The van der Waals surface area contributed by atoms with Gasteiger partial charge in [0.2, 0.25) is 5.78 Å². The molecule has 0 aliphatic carbocycles. The van der Waals surface area contributed by atoms with Crippen LogP contribution in [0.15, 0.2) is 34.1 Å². The van der Waals surface area contributed by atoms with Gasteiger partial charge in [0.05, 0.1) is 12.9 Å². The summed E-state index contributed by atoms with van der Waals surface area (Å²) in [6, 6.07) is 3.70. The number of furan rings is 1. The smallest absolute Gasteiger partial charge is 0.344 e. The van der Waals surface area contributed by atoms with Gasteiger partial charge in [-0.15, -0.1) is 0 Å². The molecule has 3 rings (SSSR count). The number of hydrogen-bond acceptors (Lipinski definition) is 5. The third-order valence-corrected chi connectivity index (χ3v) is 4.18. The van der Waals surface area contributed by atoms with Crippen molar-refractivity contribution < 1.29 is 18.7 Å². The Morgan fingerprint density at radius 2 is 2.29 bits per heavy atom. The average molecular weight is 289 g/mol. The summed E-state index contributed by atoms with van der Waals surface area (Å²) in [4.78, 5) is 27.1. The number of esters is 1. The fourth-order valence-electron chi connectivity index (χ4n) is 3.28. The van der Waals surface area contributed by atoms with Crippen molar-refractivity contribution in [2.45, 2.75) is 38.6 Å². The molecule has 2 saturated heterocycles. The van der Waals surface area contributed by atoms with Crippen LogP contribution < -0.4 is 0 Å². The first-order valence-electron chi connectivity index (χ1n) is 7.47. The lowest BCUT2D eigenvalue weighted by atomic mass is 10.0. The number of carbonyl (C=O) groups excluding carboxylic acids is 2. The van der Waals surface area contributed by atoms with Gasteiger partial charge in [-0.2, -0.15) is 0 Å². The minimum Gasteiger partial charge on any atom is -0.462 e. The van der Waals surface area contributed by atoms with Crippen LogP contribution in [0.5, 0.6) is 0 Å². The van der Waals surface area contributed by atoms with Crippen LogP contribution in [0.4, 0.5) is 0 Å². The van der Waals surface area contributed by atoms with E-state index >= 15 is 0 Å². The second-order valence-electron chi connectivity index (χ2n) is 5.38. The van der Waals surface area contributed by atoms with Gasteiger partial charge >= 0.3 is 5.97 Å². The van der Waals surface area contributed by atoms with E-state index in [-0.39, 0.29) is 23.7 Å². The molecule has 5 heteroatoms. The summed E-state index contributed by atoms with van der Waals surface area (Å²) >= 11 is 0. The van der Waals surface area contributed by atoms with E-state index < -0.39 is 5.97 Å². The molecule has 0 amide bonds. The Bertz CT molecular complexity index is 573. The monoisotopic (exact) mass is 289 g/mol. The fourth-order valence-corrected chi connectivity index (χ4v) is 3.28. The van der Waals surface area contributed by atoms with Crippen molar-refractivity contribution in [2.75, 3.05) is 13.2 Å². The van der Waals surface area contributed by atoms with E-state index in [0.717, 1.165) is 37.9 Å². The molecule has 2 fully saturated rings. The van der Waals surface area contributed by atoms with Gasteiger partial charge in [-0.1, -0.05) is 0 Å². The van der Waals surface area contributed by atoms with Gasteiger partial charge in [0.25, 0.3) is 0 Å². The Morgan fingerprint density at radius 3 is 3.00 bits per heavy atom. The quantitative estimate of drug-likeness (QED) is 0.280. The van der Waals surface area contributed by atoms with Crippen LogP contribution >= 0.6 is 0 Å². The number of ether oxygens (including phenoxy) is 1. The van der Waals surface area contributed by atoms with E-state index in [2.05, 4.69) is 4.90 Å². The molecular formula is C16H19NO4. The maximum atomic E-state index is 12.6. The topological polar surface area (TPSA) is 59.8 Å². The van der Waals surface area contributed by atoms with Crippen molar-refractivity contribution in [3.05, 3.63) is 35.4 Å². The van der Waals surface area contributed by atoms with Gasteiger partial charge < -0.3 is 14.1 Å². The molecule has 0 saturated carbocycles. The standard InChI is InChI=1S/C16H19NO4/c1-2-20-16(19)14(15(18)13-6-4-10-21-13)12-8-7-11-5-3-9-17(11)12/h4,6,10-11H,2-3,5,7-9H2,1H3/b14-12+/t11-/m0/s1. The maximum absolute atomic E-state index is 12.6. The molecule has 2 aliphatic rings. The Hall–Kier alpha value is -2.04. The lowest BCUT2D eigenvalue weighted by Crippen LogP contribution is -2.27. The van der Waals surface area contributed by atoms with Crippen LogP contribution in [0.2, 0.25) is 0 Å². The van der Waals surface area contributed by atoms with Gasteiger partial charge in [-0.05, 0) is 44.7 Å². The molecule has 112 valence electrons. The van der Waals surface area contributed by atoms with Crippen LogP contribution in [-0.2, 0) is 9.53 Å². The molecule has 0 radical (unpaired) electrons. The van der Waals surface area contributed by atoms with Crippen LogP contribution in [-0.4, -0.2) is 35.8 Å². The number of fused-ring (bicyclic) bond motifs is 1. The van der Waals surface area contributed by atoms with Crippen molar-refractivity contribution >= 4 is 11.8 Å². The number of hydrogen-bond donors (Lipinski definition) is 0. The summed E-state index contributed by atoms with van der Waals surface area (Å²) in [5, 5.41) is 0. The van der Waals surface area contributed by atoms with Crippen molar-refractivity contribution in [3.63, 3.8) is 0 Å². The molecular weight excluding hydrogens is 270 g/mol. The third-order valence-electron chi connectivity index (χ3n) is 4.18. The van der Waals surface area contributed by atoms with E-state index in [4.69, 9.17) is 9.15 Å². The van der Waals surface area contributed by atoms with E-state index in [0.29, 0.717) is 6.04 Å². The highest BCUT2D eigenvalue weighted by molar-refractivity contribution is 6.23. The highest BCUT2D eigenvalue weighted by atomic mass is 16.5. The van der Waals surface area contributed by atoms with E-state index in [1.807, 2.05) is 0 Å². The first-order valence-corrected chi connectivity index (χ1v) is 7.47. The highest BCUT2D eigenvalue weighted by Crippen LogP contribution is 2.37. The minimum atomic E-state index is -0.540. The van der Waals surface area contributed by atoms with Gasteiger partial charge in [-0.3, -0.25) is 4.79 Å². The Labute approximate surface area is 123 Å². The SMILES string of the molecule is CCOC(=O)/C(C(=O)c1ccco1)=C1\CC[C@@H]2CCCN12. The zero-order chi connectivity index (χ0) is 14.8. The second-order valence-corrected chi connectivity index (χ2v) is 5.38. The maximum Gasteiger partial charge on any atom is 0.344 e. The first-order chi connectivity index (χ1) is 10.2. The number of rotatable bonds is 4. The van der Waals surface area contributed by atoms with E-state index in [9.17, 15) is 9.59 Å². The molecule has 3 heterocycles. The molecule has 0 spiro atoms. The predicted molar refractivity (Wildman–Crippen MR) is 75.7 cm³/mol. The Kier molecular flexibility index (Phi) is 3.82. The third kappa shape index (κ3) is 2.48. The number of ketones is 1. The zero-order valence-corrected chi connectivity index (χ0v) is 12.1. The normalized spacial score (nSPS) is 23.1. The van der Waals surface area contributed by atoms with Crippen LogP contribution in [0.25, 0.3) is 0 Å². The van der Waals surface area contributed by atoms with Gasteiger partial charge in [-0.25, -0.2) is 4.79 Å². The molecule has 0 N–H and O–H groups in total. The van der Waals surface area contributed by atoms with Crippen LogP contribution in [0.1, 0.15) is 43.2 Å². The molecule has 2 aliphatic heterocycles. The Morgan fingerprint density at radius 1 is 1.43 bits per heavy atom. The molecule has 21 heavy (non-hydrogen) atoms. The minimum absolute atomic E-state index is 0.149. The van der Waals surface area contributed by atoms with Crippen molar-refractivity contribution in [2.24, 2.45) is 0 Å². The molecule has 0 aromatic carbocycles. The van der Waals surface area contributed by atoms with Crippen LogP contribution in [0, 0.1) is 0 Å². The molecule has 5 nitrogen and oxygen atoms in total. The summed E-state index contributed by atoms with van der Waals surface area (Å²) in [6.07, 6.45) is 5.44. The molecule has 0 bridgehead atoms. The summed E-state index contributed by atoms with van der Waals surface area (Å²) in [6.45, 7) is 2.91. The fraction of sp³-hybridized carbons (Fsp3) is 0.500. The number of allylic oxidation sites excluding steroid dienone is 1. The number of carbonyl (C=O) groups is 2. The molecule has 0 unspecified atom stereocenters. The van der Waals surface area contributed by atoms with Gasteiger partial charge in [0, 0.05) is 18.3 Å². The lowest BCUT2D eigenvalue weighted by Gasteiger charge is -2.21. The van der Waals surface area contributed by atoms with E-state index in [1.54, 1.807) is 19.1 Å². The average Bonchev–Trinajstić information content (AvgIpc) is 3.18. The lowest BCUT2D eigenvalue weighted by molar-refractivity contribution is -0.138. The highest BCUT2D eigenvalue weighted by Gasteiger charge is 2.38. The number of nitrogens with zero attached hydrogens (tertiary/aromatic N) is 1. The molecule has 1 atom stereocenters. The van der Waals surface area contributed by atoms with Gasteiger partial charge in [0.15, 0.2) is 5.76 Å². The summed E-state index contributed by atoms with van der Waals surface area (Å²) in [5.74, 6) is -0.726. The zero-order valence-electron chi connectivity index (χ0n) is 12.1. The predicted octanol–water partition coefficient (Wildman–Crippen LogP) is 2.54. The van der Waals surface area contributed by atoms with Crippen molar-refractivity contribution in [3.8, 4) is 0 Å². The van der Waals surface area contributed by atoms with Crippen molar-refractivity contribution in [1.29, 1.82) is 0 Å². The molecule has 1 aromatic rings. The van der Waals surface area contributed by atoms with Crippen LogP contribution in [0.3, 0.4) is 0 Å². The second kappa shape index (κ2) is 5.76. The van der Waals surface area contributed by atoms with Gasteiger partial charge in [0.1, 0.15) is 5.57 Å². The number of Topliss-reactive ketones (excluding diaryl/α,β-unsaturated/α-hetero) is 1. The van der Waals surface area contributed by atoms with Crippen molar-refractivity contribution in [1.82, 2.24) is 4.90 Å². The largest absolute Gasteiger partial charge is 0.462 e. The summed E-state index contributed by atoms with van der Waals surface area (Å²) < 4.78 is 10.3. The van der Waals surface area contributed by atoms with E-state index in [1.165, 1.54) is 6.26 Å². The Balaban J connectivity index is 2.00. The summed E-state index contributed by atoms with van der Waals surface area (Å²) in [5.41, 5.74) is 0.980.